The van der Waals surface area contributed by atoms with E-state index >= 15 is 0 Å². The summed E-state index contributed by atoms with van der Waals surface area (Å²) < 4.78 is 5.68. The normalized spacial score (nSPS) is 24.4. The summed E-state index contributed by atoms with van der Waals surface area (Å²) in [5.41, 5.74) is 1.08. The maximum atomic E-state index is 12.4. The Bertz CT molecular complexity index is 605. The molecule has 2 N–H and O–H groups in total. The van der Waals surface area contributed by atoms with Gasteiger partial charge in [0.05, 0.1) is 30.0 Å². The Hall–Kier alpha value is -1.92. The van der Waals surface area contributed by atoms with Gasteiger partial charge in [0.2, 0.25) is 5.91 Å². The van der Waals surface area contributed by atoms with Crippen LogP contribution >= 0.6 is 0 Å². The average Bonchev–Trinajstić information content (AvgIpc) is 3.30. The summed E-state index contributed by atoms with van der Waals surface area (Å²) in [5.74, 6) is -0.231. The van der Waals surface area contributed by atoms with E-state index < -0.39 is 0 Å². The van der Waals surface area contributed by atoms with Gasteiger partial charge in [0.25, 0.3) is 5.91 Å². The summed E-state index contributed by atoms with van der Waals surface area (Å²) in [5, 5.41) is 5.84. The number of benzene rings is 1. The SMILES string of the molecule is CC1CN(CC(=O)Nc2ccccc2C(=O)NC2CC2)CC(C)O1. The van der Waals surface area contributed by atoms with Crippen molar-refractivity contribution in [3.63, 3.8) is 0 Å². The molecule has 130 valence electrons. The highest BCUT2D eigenvalue weighted by molar-refractivity contribution is 6.04. The number of nitrogens with one attached hydrogen (secondary N) is 2. The molecule has 6 heteroatoms. The molecule has 2 fully saturated rings. The van der Waals surface area contributed by atoms with Gasteiger partial charge in [0.15, 0.2) is 0 Å². The summed E-state index contributed by atoms with van der Waals surface area (Å²) in [6.07, 6.45) is 2.32. The number of nitrogens with zero attached hydrogens (tertiary/aromatic N) is 1. The minimum Gasteiger partial charge on any atom is -0.373 e. The van der Waals surface area contributed by atoms with Crippen molar-refractivity contribution in [1.29, 1.82) is 0 Å². The molecule has 2 amide bonds. The minimum atomic E-state index is -0.123. The highest BCUT2D eigenvalue weighted by Crippen LogP contribution is 2.21. The third-order valence-electron chi connectivity index (χ3n) is 4.22. The van der Waals surface area contributed by atoms with Gasteiger partial charge >= 0.3 is 0 Å². The van der Waals surface area contributed by atoms with Crippen molar-refractivity contribution in [2.24, 2.45) is 0 Å². The Labute approximate surface area is 142 Å². The standard InChI is InChI=1S/C18H25N3O3/c1-12-9-21(10-13(2)24-12)11-17(22)20-16-6-4-3-5-15(16)18(23)19-14-7-8-14/h3-6,12-14H,7-11H2,1-2H3,(H,19,23)(H,20,22). The van der Waals surface area contributed by atoms with Gasteiger partial charge in [-0.15, -0.1) is 0 Å². The Kier molecular flexibility index (Phi) is 5.16. The predicted octanol–water partition coefficient (Wildman–Crippen LogP) is 1.63. The van der Waals surface area contributed by atoms with Gasteiger partial charge in [-0.05, 0) is 38.8 Å². The number of ether oxygens (including phenoxy) is 1. The van der Waals surface area contributed by atoms with Crippen LogP contribution in [0, 0.1) is 0 Å². The molecule has 1 aromatic carbocycles. The largest absolute Gasteiger partial charge is 0.373 e. The predicted molar refractivity (Wildman–Crippen MR) is 92.0 cm³/mol. The second-order valence-corrected chi connectivity index (χ2v) is 6.79. The third kappa shape index (κ3) is 4.55. The number of para-hydroxylation sites is 1. The molecule has 1 aliphatic heterocycles. The van der Waals surface area contributed by atoms with Gasteiger partial charge < -0.3 is 15.4 Å². The third-order valence-corrected chi connectivity index (χ3v) is 4.22. The van der Waals surface area contributed by atoms with Crippen LogP contribution in [0.15, 0.2) is 24.3 Å². The van der Waals surface area contributed by atoms with Crippen LogP contribution in [0.1, 0.15) is 37.0 Å². The van der Waals surface area contributed by atoms with E-state index in [4.69, 9.17) is 4.74 Å². The molecule has 1 saturated heterocycles. The van der Waals surface area contributed by atoms with Crippen molar-refractivity contribution < 1.29 is 14.3 Å². The van der Waals surface area contributed by atoms with Crippen LogP contribution in [0.3, 0.4) is 0 Å². The number of hydrogen-bond acceptors (Lipinski definition) is 4. The lowest BCUT2D eigenvalue weighted by atomic mass is 10.1. The van der Waals surface area contributed by atoms with Gasteiger partial charge in [-0.2, -0.15) is 0 Å². The summed E-state index contributed by atoms with van der Waals surface area (Å²) >= 11 is 0. The van der Waals surface area contributed by atoms with Crippen LogP contribution < -0.4 is 10.6 Å². The lowest BCUT2D eigenvalue weighted by Crippen LogP contribution is -2.48. The number of amides is 2. The van der Waals surface area contributed by atoms with Crippen molar-refractivity contribution in [2.75, 3.05) is 25.0 Å². The number of anilines is 1. The number of morpholine rings is 1. The fourth-order valence-electron chi connectivity index (χ4n) is 3.09. The van der Waals surface area contributed by atoms with E-state index in [1.807, 2.05) is 26.0 Å². The Morgan fingerprint density at radius 2 is 1.83 bits per heavy atom. The maximum absolute atomic E-state index is 12.4. The number of rotatable bonds is 5. The number of hydrogen-bond donors (Lipinski definition) is 2. The monoisotopic (exact) mass is 331 g/mol. The summed E-state index contributed by atoms with van der Waals surface area (Å²) in [6, 6.07) is 7.43. The molecule has 2 aliphatic rings. The average molecular weight is 331 g/mol. The first-order valence-electron chi connectivity index (χ1n) is 8.59. The van der Waals surface area contributed by atoms with E-state index in [1.54, 1.807) is 12.1 Å². The lowest BCUT2D eigenvalue weighted by Gasteiger charge is -2.34. The summed E-state index contributed by atoms with van der Waals surface area (Å²) in [6.45, 7) is 5.80. The fourth-order valence-corrected chi connectivity index (χ4v) is 3.09. The zero-order chi connectivity index (χ0) is 17.1. The van der Waals surface area contributed by atoms with Crippen LogP contribution in [-0.2, 0) is 9.53 Å². The van der Waals surface area contributed by atoms with Crippen LogP contribution in [-0.4, -0.2) is 54.6 Å². The van der Waals surface area contributed by atoms with Gasteiger partial charge in [0.1, 0.15) is 0 Å². The van der Waals surface area contributed by atoms with Crippen molar-refractivity contribution in [2.45, 2.75) is 44.9 Å². The minimum absolute atomic E-state index is 0.108. The molecule has 1 heterocycles. The van der Waals surface area contributed by atoms with Gasteiger partial charge in [0, 0.05) is 19.1 Å². The summed E-state index contributed by atoms with van der Waals surface area (Å²) in [7, 11) is 0. The first kappa shape index (κ1) is 16.9. The van der Waals surface area contributed by atoms with Crippen LogP contribution in [0.2, 0.25) is 0 Å². The number of carbonyl (C=O) groups excluding carboxylic acids is 2. The van der Waals surface area contributed by atoms with Crippen molar-refractivity contribution in [1.82, 2.24) is 10.2 Å². The molecule has 1 aromatic rings. The first-order valence-corrected chi connectivity index (χ1v) is 8.59. The lowest BCUT2D eigenvalue weighted by molar-refractivity contribution is -0.121. The molecule has 24 heavy (non-hydrogen) atoms. The Morgan fingerprint density at radius 3 is 2.50 bits per heavy atom. The zero-order valence-corrected chi connectivity index (χ0v) is 14.2. The van der Waals surface area contributed by atoms with Crippen LogP contribution in [0.5, 0.6) is 0 Å². The molecule has 0 spiro atoms. The molecule has 0 bridgehead atoms. The molecule has 2 atom stereocenters. The van der Waals surface area contributed by atoms with Gasteiger partial charge in [-0.25, -0.2) is 0 Å². The van der Waals surface area contributed by atoms with Gasteiger partial charge in [-0.1, -0.05) is 12.1 Å². The highest BCUT2D eigenvalue weighted by Gasteiger charge is 2.26. The number of carbonyl (C=O) groups is 2. The van der Waals surface area contributed by atoms with E-state index in [0.717, 1.165) is 25.9 Å². The van der Waals surface area contributed by atoms with E-state index in [0.29, 0.717) is 17.8 Å². The topological polar surface area (TPSA) is 70.7 Å². The molecule has 1 aliphatic carbocycles. The van der Waals surface area contributed by atoms with Crippen LogP contribution in [0.25, 0.3) is 0 Å². The molecule has 3 rings (SSSR count). The molecule has 0 radical (unpaired) electrons. The smallest absolute Gasteiger partial charge is 0.253 e. The molecular formula is C18H25N3O3. The highest BCUT2D eigenvalue weighted by atomic mass is 16.5. The second kappa shape index (κ2) is 7.32. The second-order valence-electron chi connectivity index (χ2n) is 6.79. The molecular weight excluding hydrogens is 306 g/mol. The van der Waals surface area contributed by atoms with Crippen molar-refractivity contribution in [3.05, 3.63) is 29.8 Å². The van der Waals surface area contributed by atoms with Crippen molar-refractivity contribution in [3.8, 4) is 0 Å². The quantitative estimate of drug-likeness (QED) is 0.860. The molecule has 1 saturated carbocycles. The molecule has 0 aromatic heterocycles. The maximum Gasteiger partial charge on any atom is 0.253 e. The van der Waals surface area contributed by atoms with E-state index in [1.165, 1.54) is 0 Å². The molecule has 6 nitrogen and oxygen atoms in total. The van der Waals surface area contributed by atoms with Crippen molar-refractivity contribution >= 4 is 17.5 Å². The zero-order valence-electron chi connectivity index (χ0n) is 14.2. The van der Waals surface area contributed by atoms with E-state index in [-0.39, 0.29) is 30.1 Å². The Balaban J connectivity index is 1.60. The summed E-state index contributed by atoms with van der Waals surface area (Å²) in [4.78, 5) is 26.7. The molecule has 2 unspecified atom stereocenters. The Morgan fingerprint density at radius 1 is 1.17 bits per heavy atom. The van der Waals surface area contributed by atoms with Gasteiger partial charge in [-0.3, -0.25) is 14.5 Å². The first-order chi connectivity index (χ1) is 11.5. The fraction of sp³-hybridized carbons (Fsp3) is 0.556. The van der Waals surface area contributed by atoms with Crippen LogP contribution in [0.4, 0.5) is 5.69 Å². The van der Waals surface area contributed by atoms with E-state index in [9.17, 15) is 9.59 Å². The van der Waals surface area contributed by atoms with E-state index in [2.05, 4.69) is 15.5 Å².